The van der Waals surface area contributed by atoms with Gasteiger partial charge in [0.2, 0.25) is 17.1 Å². The minimum Gasteiger partial charge on any atom is -0.438 e. The van der Waals surface area contributed by atoms with Gasteiger partial charge >= 0.3 is 0 Å². The van der Waals surface area contributed by atoms with Crippen molar-refractivity contribution in [3.63, 3.8) is 0 Å². The highest BCUT2D eigenvalue weighted by molar-refractivity contribution is 7.25. The molecule has 24 aromatic rings. The molecule has 12 heterocycles. The van der Waals surface area contributed by atoms with Crippen molar-refractivity contribution in [1.29, 1.82) is 0 Å². The van der Waals surface area contributed by atoms with Crippen molar-refractivity contribution in [2.45, 2.75) is 69.2 Å². The fraction of sp³-hybridized carbons (Fsp3) is 0.133. The van der Waals surface area contributed by atoms with Gasteiger partial charge in [0.15, 0.2) is 0 Å². The van der Waals surface area contributed by atoms with E-state index in [1.54, 1.807) is 11.3 Å². The number of rotatable bonds is 0. The van der Waals surface area contributed by atoms with Crippen LogP contribution in [0.2, 0.25) is 0 Å². The maximum atomic E-state index is 5.70. The molecule has 0 aliphatic carbocycles. The summed E-state index contributed by atoms with van der Waals surface area (Å²) in [6.45, 7) is 20.6. The molecular weight excluding hydrogens is 1470 g/mol. The van der Waals surface area contributed by atoms with Gasteiger partial charge in [0.1, 0.15) is 27.4 Å². The Bertz CT molecular complexity index is 7380. The van der Waals surface area contributed by atoms with E-state index in [0.29, 0.717) is 5.71 Å². The van der Waals surface area contributed by atoms with Gasteiger partial charge in [-0.25, -0.2) is 19.9 Å². The standard InChI is InChI=1S/3C14H13N.2C13H11NO.C13H11N.C12H10N2O.C12H9NS/c1-10-6-5-8-12-11-7-3-4-9-13(11)15(2)14(10)12;1-10-7-8-14-12(9-10)11-5-3-4-6-13(11)15(14)2;1-10-7-8-12-11-5-3-4-6-13(11)15(2)14(12)9-10;2*1-8-3-5-10-11-6-4-9(2)14-13(11)15-12(10)7-8;1-14-12-8-4-2-6-10(12)11-7-3-5-9-13(11)14;1-7-3-4-9-10-6-13-8(2)14-12(10)15-11(9)5-7;1-8-4-2-6-10-11(8)9-5-3-7-13-12(9)14-10/h3*3-9H,1-2H3;2*3-7H,1-2H3;2-9H,1H3;3-6H,1-2H3;2-7H,1H3. The average Bonchev–Trinajstić information content (AvgIpc) is 1.62. The van der Waals surface area contributed by atoms with Crippen LogP contribution >= 0.6 is 11.3 Å². The molecule has 0 atom stereocenters. The van der Waals surface area contributed by atoms with E-state index in [1.165, 1.54) is 142 Å². The molecule has 0 N–H and O–H groups in total. The van der Waals surface area contributed by atoms with E-state index < -0.39 is 0 Å². The Balaban J connectivity index is 0.0000000966. The van der Waals surface area contributed by atoms with E-state index in [-0.39, 0.29) is 0 Å². The van der Waals surface area contributed by atoms with Gasteiger partial charge in [0.05, 0.1) is 10.9 Å². The first-order valence-electron chi connectivity index (χ1n) is 39.9. The number of hydrogen-bond donors (Lipinski definition) is 0. The fourth-order valence-electron chi connectivity index (χ4n) is 16.4. The Kier molecular flexibility index (Phi) is 21.0. The van der Waals surface area contributed by atoms with Crippen molar-refractivity contribution in [3.05, 3.63) is 354 Å². The zero-order valence-corrected chi connectivity index (χ0v) is 69.8. The average molecular weight is 1560 g/mol. The summed E-state index contributed by atoms with van der Waals surface area (Å²) in [4.78, 5) is 22.7. The van der Waals surface area contributed by atoms with Crippen molar-refractivity contribution in [1.82, 2.24) is 43.2 Å². The quantitative estimate of drug-likeness (QED) is 0.147. The maximum absolute atomic E-state index is 5.70. The molecule has 0 radical (unpaired) electrons. The smallest absolute Gasteiger partial charge is 0.230 e. The number of fused-ring (bicyclic) bond motifs is 24. The zero-order valence-electron chi connectivity index (χ0n) is 68.9. The van der Waals surface area contributed by atoms with Gasteiger partial charge in [-0.2, -0.15) is 4.98 Å². The minimum atomic E-state index is 0.670. The van der Waals surface area contributed by atoms with Crippen LogP contribution in [0.1, 0.15) is 56.2 Å². The lowest BCUT2D eigenvalue weighted by molar-refractivity contribution is 0.650. The summed E-state index contributed by atoms with van der Waals surface area (Å²) in [5.41, 5.74) is 26.2. The Labute approximate surface area is 688 Å². The van der Waals surface area contributed by atoms with Crippen LogP contribution in [0.5, 0.6) is 0 Å². The van der Waals surface area contributed by atoms with Gasteiger partial charge in [-0.3, -0.25) is 0 Å². The second-order valence-corrected chi connectivity index (χ2v) is 31.8. The highest BCUT2D eigenvalue weighted by Crippen LogP contribution is 2.37. The molecule has 0 bridgehead atoms. The maximum Gasteiger partial charge on any atom is 0.230 e. The van der Waals surface area contributed by atoms with Crippen molar-refractivity contribution >= 4 is 185 Å². The molecule has 580 valence electrons. The van der Waals surface area contributed by atoms with Crippen molar-refractivity contribution in [2.75, 3.05) is 0 Å². The number of furan rings is 3. The minimum absolute atomic E-state index is 0.670. The Hall–Kier alpha value is -14.0. The number of para-hydroxylation sites is 6. The second kappa shape index (κ2) is 32.3. The molecule has 0 amide bonds. The lowest BCUT2D eigenvalue weighted by Gasteiger charge is -2.00. The Morgan fingerprint density at radius 2 is 0.636 bits per heavy atom. The molecule has 12 aromatic carbocycles. The van der Waals surface area contributed by atoms with Gasteiger partial charge in [-0.05, 0) is 212 Å². The molecule has 12 nitrogen and oxygen atoms in total. The van der Waals surface area contributed by atoms with E-state index in [0.717, 1.165) is 82.5 Å². The van der Waals surface area contributed by atoms with Gasteiger partial charge in [0.25, 0.3) is 0 Å². The predicted octanol–water partition coefficient (Wildman–Crippen LogP) is 28.2. The third-order valence-electron chi connectivity index (χ3n) is 22.3. The molecule has 0 saturated carbocycles. The van der Waals surface area contributed by atoms with Crippen LogP contribution in [0.3, 0.4) is 0 Å². The van der Waals surface area contributed by atoms with Gasteiger partial charge in [0, 0.05) is 176 Å². The molecule has 0 fully saturated rings. The molecule has 13 heteroatoms. The molecule has 0 aliphatic heterocycles. The van der Waals surface area contributed by atoms with E-state index in [1.807, 2.05) is 76.5 Å². The van der Waals surface area contributed by atoms with Crippen LogP contribution in [0, 0.1) is 69.2 Å². The summed E-state index contributed by atoms with van der Waals surface area (Å²) in [5, 5.41) is 19.9. The summed E-state index contributed by atoms with van der Waals surface area (Å²) >= 11 is 1.76. The molecule has 118 heavy (non-hydrogen) atoms. The van der Waals surface area contributed by atoms with Crippen molar-refractivity contribution in [3.8, 4) is 0 Å². The highest BCUT2D eigenvalue weighted by Gasteiger charge is 2.15. The molecule has 0 saturated heterocycles. The largest absolute Gasteiger partial charge is 0.438 e. The summed E-state index contributed by atoms with van der Waals surface area (Å²) in [6, 6.07) is 99.8. The van der Waals surface area contributed by atoms with Gasteiger partial charge in [-0.15, -0.1) is 11.3 Å². The predicted molar refractivity (Wildman–Crippen MR) is 499 cm³/mol. The first kappa shape index (κ1) is 76.6. The monoisotopic (exact) mass is 1560 g/mol. The number of pyridine rings is 3. The van der Waals surface area contributed by atoms with Crippen LogP contribution < -0.4 is 0 Å². The number of thiophene rings is 1. The van der Waals surface area contributed by atoms with Crippen LogP contribution in [0.4, 0.5) is 0 Å². The molecule has 0 unspecified atom stereocenters. The van der Waals surface area contributed by atoms with E-state index >= 15 is 0 Å². The third-order valence-corrected chi connectivity index (χ3v) is 23.4. The molecule has 0 spiro atoms. The Morgan fingerprint density at radius 3 is 1.16 bits per heavy atom. The normalized spacial score (nSPS) is 11.3. The van der Waals surface area contributed by atoms with E-state index in [2.05, 4.69) is 362 Å². The number of nitrogens with zero attached hydrogens (tertiary/aromatic N) is 9. The van der Waals surface area contributed by atoms with Crippen LogP contribution in [0.25, 0.3) is 174 Å². The summed E-state index contributed by atoms with van der Waals surface area (Å²) < 4.78 is 27.4. The van der Waals surface area contributed by atoms with Crippen molar-refractivity contribution < 1.29 is 13.3 Å². The zero-order chi connectivity index (χ0) is 81.6. The number of aromatic nitrogens is 9. The molecule has 24 rings (SSSR count). The van der Waals surface area contributed by atoms with E-state index in [9.17, 15) is 0 Å². The topological polar surface area (TPSA) is 124 Å². The fourth-order valence-corrected chi connectivity index (χ4v) is 17.5. The van der Waals surface area contributed by atoms with Gasteiger partial charge in [-0.1, -0.05) is 181 Å². The van der Waals surface area contributed by atoms with E-state index in [4.69, 9.17) is 13.3 Å². The SMILES string of the molecule is Cc1ccc2c(c1)c1ccccc1n2C.Cc1ccc2c(c1)oc1nc(C)ccc12.Cc1ccc2c(c1)oc1nc(C)ccc12.Cc1ccc2c(c1)oc1nc(C)ncc12.Cc1ccc2c3ccccc3n(C)c2c1.Cc1cccc2c3ccccc3n(C)c12.Cc1cccc2sc3ncccc3c12.Cn1c2ccccc2c2ccccc21. The highest BCUT2D eigenvalue weighted by atomic mass is 32.1. The molecule has 12 aromatic heterocycles. The molecule has 0 aliphatic rings. The number of benzene rings is 12. The molecular formula is C105H91N9O3S. The summed E-state index contributed by atoms with van der Waals surface area (Å²) in [6.07, 6.45) is 3.67. The van der Waals surface area contributed by atoms with Gasteiger partial charge < -0.3 is 31.5 Å². The summed E-state index contributed by atoms with van der Waals surface area (Å²) in [5.74, 6) is 0.735. The first-order valence-corrected chi connectivity index (χ1v) is 40.7. The lowest BCUT2D eigenvalue weighted by Crippen LogP contribution is -1.88. The summed E-state index contributed by atoms with van der Waals surface area (Å²) in [7, 11) is 8.51. The van der Waals surface area contributed by atoms with Crippen molar-refractivity contribution in [2.24, 2.45) is 28.2 Å². The Morgan fingerprint density at radius 1 is 0.263 bits per heavy atom. The third kappa shape index (κ3) is 14.9. The lowest BCUT2D eigenvalue weighted by atomic mass is 10.1. The van der Waals surface area contributed by atoms with Crippen LogP contribution in [-0.2, 0) is 28.2 Å². The van der Waals surface area contributed by atoms with Crippen LogP contribution in [-0.4, -0.2) is 43.2 Å². The first-order chi connectivity index (χ1) is 57.3. The second-order valence-electron chi connectivity index (χ2n) is 30.8. The van der Waals surface area contributed by atoms with Crippen LogP contribution in [0.15, 0.2) is 311 Å². The number of aryl methyl sites for hydroxylation is 14. The number of hydrogen-bond acceptors (Lipinski definition) is 9.